The maximum atomic E-state index is 12.8. The number of benzene rings is 1. The molecule has 0 aliphatic heterocycles. The molecule has 7 nitrogen and oxygen atoms in total. The Morgan fingerprint density at radius 1 is 1.07 bits per heavy atom. The minimum absolute atomic E-state index is 0.0461. The summed E-state index contributed by atoms with van der Waals surface area (Å²) in [5.41, 5.74) is 2.74. The summed E-state index contributed by atoms with van der Waals surface area (Å²) in [7, 11) is 1.66. The Morgan fingerprint density at radius 2 is 1.86 bits per heavy atom. The predicted octanol–water partition coefficient (Wildman–Crippen LogP) is 2.46. The molecule has 3 aromatic heterocycles. The second kappa shape index (κ2) is 7.11. The van der Waals surface area contributed by atoms with Crippen LogP contribution >= 0.6 is 0 Å². The lowest BCUT2D eigenvalue weighted by Crippen LogP contribution is -2.33. The van der Waals surface area contributed by atoms with E-state index in [0.29, 0.717) is 12.2 Å². The summed E-state index contributed by atoms with van der Waals surface area (Å²) in [6.07, 6.45) is 4.94. The van der Waals surface area contributed by atoms with Crippen LogP contribution in [0.1, 0.15) is 21.6 Å². The molecule has 7 heteroatoms. The van der Waals surface area contributed by atoms with Crippen molar-refractivity contribution in [3.05, 3.63) is 94.3 Å². The fourth-order valence-electron chi connectivity index (χ4n) is 3.14. The van der Waals surface area contributed by atoms with Crippen LogP contribution in [0.3, 0.4) is 0 Å². The molecule has 0 spiro atoms. The number of pyridine rings is 1. The van der Waals surface area contributed by atoms with Crippen molar-refractivity contribution >= 4 is 11.6 Å². The molecule has 140 valence electrons. The highest BCUT2D eigenvalue weighted by Gasteiger charge is 2.18. The van der Waals surface area contributed by atoms with E-state index in [1.54, 1.807) is 24.0 Å². The second-order valence-corrected chi connectivity index (χ2v) is 6.63. The Morgan fingerprint density at radius 3 is 2.64 bits per heavy atom. The van der Waals surface area contributed by atoms with E-state index < -0.39 is 0 Å². The Hall–Kier alpha value is -3.74. The third-order valence-corrected chi connectivity index (χ3v) is 4.58. The van der Waals surface area contributed by atoms with Gasteiger partial charge in [0.1, 0.15) is 11.2 Å². The van der Waals surface area contributed by atoms with Crippen molar-refractivity contribution in [2.45, 2.75) is 13.5 Å². The van der Waals surface area contributed by atoms with Crippen LogP contribution in [0, 0.1) is 6.92 Å². The average Bonchev–Trinajstić information content (AvgIpc) is 3.17. The quantitative estimate of drug-likeness (QED) is 0.551. The number of nitrogens with zero attached hydrogens (tertiary/aromatic N) is 5. The summed E-state index contributed by atoms with van der Waals surface area (Å²) < 4.78 is 3.21. The molecule has 0 bridgehead atoms. The van der Waals surface area contributed by atoms with E-state index in [-0.39, 0.29) is 17.0 Å². The Labute approximate surface area is 161 Å². The van der Waals surface area contributed by atoms with Crippen LogP contribution in [0.25, 0.3) is 11.3 Å². The molecule has 0 fully saturated rings. The lowest BCUT2D eigenvalue weighted by molar-refractivity contribution is 0.0782. The van der Waals surface area contributed by atoms with Gasteiger partial charge in [-0.25, -0.2) is 9.67 Å². The molecule has 3 heterocycles. The summed E-state index contributed by atoms with van der Waals surface area (Å²) in [5.74, 6) is -0.373. The first-order valence-electron chi connectivity index (χ1n) is 8.86. The molecule has 0 saturated heterocycles. The fraction of sp³-hybridized carbons (Fsp3) is 0.143. The highest BCUT2D eigenvalue weighted by Crippen LogP contribution is 2.11. The van der Waals surface area contributed by atoms with Gasteiger partial charge < -0.3 is 4.90 Å². The van der Waals surface area contributed by atoms with Gasteiger partial charge in [-0.1, -0.05) is 24.3 Å². The van der Waals surface area contributed by atoms with Crippen molar-refractivity contribution in [3.63, 3.8) is 0 Å². The fourth-order valence-corrected chi connectivity index (χ4v) is 3.14. The van der Waals surface area contributed by atoms with Gasteiger partial charge in [0.25, 0.3) is 11.5 Å². The monoisotopic (exact) mass is 373 g/mol. The summed E-state index contributed by atoms with van der Waals surface area (Å²) in [6, 6.07) is 15.1. The van der Waals surface area contributed by atoms with E-state index in [1.165, 1.54) is 15.5 Å². The number of aromatic nitrogens is 4. The molecule has 1 aromatic carbocycles. The molecule has 0 aliphatic rings. The van der Waals surface area contributed by atoms with Crippen molar-refractivity contribution in [2.24, 2.45) is 0 Å². The predicted molar refractivity (Wildman–Crippen MR) is 106 cm³/mol. The van der Waals surface area contributed by atoms with Crippen LogP contribution in [0.4, 0.5) is 0 Å². The second-order valence-electron chi connectivity index (χ2n) is 6.63. The van der Waals surface area contributed by atoms with Gasteiger partial charge in [-0.15, -0.1) is 0 Å². The highest BCUT2D eigenvalue weighted by atomic mass is 16.2. The summed E-state index contributed by atoms with van der Waals surface area (Å²) in [6.45, 7) is 2.15. The van der Waals surface area contributed by atoms with Crippen LogP contribution < -0.4 is 5.56 Å². The van der Waals surface area contributed by atoms with Crippen molar-refractivity contribution in [1.82, 2.24) is 24.1 Å². The van der Waals surface area contributed by atoms with Gasteiger partial charge in [0.15, 0.2) is 0 Å². The van der Waals surface area contributed by atoms with E-state index >= 15 is 0 Å². The number of rotatable bonds is 4. The Bertz CT molecular complexity index is 1210. The molecule has 0 atom stereocenters. The minimum Gasteiger partial charge on any atom is -0.337 e. The highest BCUT2D eigenvalue weighted by molar-refractivity contribution is 5.93. The van der Waals surface area contributed by atoms with E-state index in [0.717, 1.165) is 16.9 Å². The molecular weight excluding hydrogens is 354 g/mol. The first kappa shape index (κ1) is 17.7. The van der Waals surface area contributed by atoms with Crippen LogP contribution in [0.15, 0.2) is 71.9 Å². The minimum atomic E-state index is -0.373. The normalized spacial score (nSPS) is 10.9. The molecular formula is C21H19N5O2. The molecule has 0 saturated carbocycles. The molecule has 0 radical (unpaired) electrons. The standard InChI is InChI=1S/C21H19N5O2/c1-15-7-6-10-19-22-12-18(21(28)26(15)19)20(27)24(2)13-16-11-23-25(14-16)17-8-4-3-5-9-17/h3-12,14H,13H2,1-2H3. The number of hydrogen-bond acceptors (Lipinski definition) is 4. The summed E-state index contributed by atoms with van der Waals surface area (Å²) in [4.78, 5) is 31.4. The van der Waals surface area contributed by atoms with E-state index in [2.05, 4.69) is 10.1 Å². The van der Waals surface area contributed by atoms with Crippen LogP contribution in [-0.4, -0.2) is 37.0 Å². The lowest BCUT2D eigenvalue weighted by Gasteiger charge is -2.16. The smallest absolute Gasteiger partial charge is 0.270 e. The molecule has 0 unspecified atom stereocenters. The van der Waals surface area contributed by atoms with Gasteiger partial charge in [0.2, 0.25) is 0 Å². The van der Waals surface area contributed by atoms with Crippen molar-refractivity contribution in [3.8, 4) is 5.69 Å². The van der Waals surface area contributed by atoms with Crippen molar-refractivity contribution in [2.75, 3.05) is 7.05 Å². The Balaban J connectivity index is 1.59. The number of carbonyl (C=O) groups is 1. The van der Waals surface area contributed by atoms with Gasteiger partial charge in [-0.3, -0.25) is 14.0 Å². The largest absolute Gasteiger partial charge is 0.337 e. The average molecular weight is 373 g/mol. The third-order valence-electron chi connectivity index (χ3n) is 4.58. The maximum Gasteiger partial charge on any atom is 0.270 e. The maximum absolute atomic E-state index is 12.8. The Kier molecular flexibility index (Phi) is 4.49. The van der Waals surface area contributed by atoms with E-state index in [9.17, 15) is 9.59 Å². The molecule has 0 N–H and O–H groups in total. The van der Waals surface area contributed by atoms with Crippen LogP contribution in [-0.2, 0) is 6.54 Å². The number of carbonyl (C=O) groups excluding carboxylic acids is 1. The molecule has 0 aliphatic carbocycles. The van der Waals surface area contributed by atoms with Gasteiger partial charge in [0, 0.05) is 37.2 Å². The number of fused-ring (bicyclic) bond motifs is 1. The lowest BCUT2D eigenvalue weighted by atomic mass is 10.2. The molecule has 1 amide bonds. The molecule has 4 aromatic rings. The van der Waals surface area contributed by atoms with Gasteiger partial charge in [0.05, 0.1) is 11.9 Å². The zero-order valence-corrected chi connectivity index (χ0v) is 15.6. The van der Waals surface area contributed by atoms with E-state index in [1.807, 2.05) is 55.6 Å². The first-order valence-corrected chi connectivity index (χ1v) is 8.86. The number of hydrogen-bond donors (Lipinski definition) is 0. The van der Waals surface area contributed by atoms with Gasteiger partial charge in [-0.2, -0.15) is 5.10 Å². The van der Waals surface area contributed by atoms with Crippen molar-refractivity contribution in [1.29, 1.82) is 0 Å². The summed E-state index contributed by atoms with van der Waals surface area (Å²) >= 11 is 0. The van der Waals surface area contributed by atoms with Crippen LogP contribution in [0.5, 0.6) is 0 Å². The summed E-state index contributed by atoms with van der Waals surface area (Å²) in [5, 5.41) is 4.34. The topological polar surface area (TPSA) is 72.5 Å². The van der Waals surface area contributed by atoms with Gasteiger partial charge in [-0.05, 0) is 31.2 Å². The van der Waals surface area contributed by atoms with Gasteiger partial charge >= 0.3 is 0 Å². The number of amides is 1. The third kappa shape index (κ3) is 3.18. The SMILES string of the molecule is Cc1cccc2ncc(C(=O)N(C)Cc3cnn(-c4ccccc4)c3)c(=O)n12. The number of aryl methyl sites for hydroxylation is 1. The zero-order valence-electron chi connectivity index (χ0n) is 15.6. The molecule has 28 heavy (non-hydrogen) atoms. The van der Waals surface area contributed by atoms with Crippen molar-refractivity contribution < 1.29 is 4.79 Å². The zero-order chi connectivity index (χ0) is 19.7. The molecule has 4 rings (SSSR count). The number of para-hydroxylation sites is 1. The van der Waals surface area contributed by atoms with E-state index in [4.69, 9.17) is 0 Å². The van der Waals surface area contributed by atoms with Crippen LogP contribution in [0.2, 0.25) is 0 Å². The first-order chi connectivity index (χ1) is 13.5.